The third kappa shape index (κ3) is 3.84. The minimum absolute atomic E-state index is 0.0836. The van der Waals surface area contributed by atoms with Gasteiger partial charge in [0, 0.05) is 25.7 Å². The van der Waals surface area contributed by atoms with Crippen molar-refractivity contribution in [2.75, 3.05) is 6.54 Å². The molecular weight excluding hydrogens is 367 g/mol. The number of benzene rings is 2. The van der Waals surface area contributed by atoms with Crippen molar-refractivity contribution >= 4 is 5.78 Å². The largest absolute Gasteiger partial charge is 0.332 e. The molecule has 1 aliphatic heterocycles. The standard InChI is InChI=1S/C21H18F3N3O/c22-17-6-14(7-18(23)21(17)24)10-27-11-19(26-12-27)20(28)8-13-1-2-16-9-25-4-3-15(16)5-13/h1-2,5-7,11-12,25H,3-4,8-10H2. The van der Waals surface area contributed by atoms with E-state index in [2.05, 4.69) is 16.4 Å². The molecule has 3 aromatic rings. The van der Waals surface area contributed by atoms with Crippen LogP contribution in [0.4, 0.5) is 13.2 Å². The number of halogens is 3. The molecule has 0 fully saturated rings. The van der Waals surface area contributed by atoms with Crippen LogP contribution in [0.5, 0.6) is 0 Å². The van der Waals surface area contributed by atoms with E-state index in [9.17, 15) is 18.0 Å². The maximum Gasteiger partial charge on any atom is 0.194 e. The molecule has 144 valence electrons. The molecule has 4 nitrogen and oxygen atoms in total. The molecule has 0 bridgehead atoms. The summed E-state index contributed by atoms with van der Waals surface area (Å²) in [4.78, 5) is 16.6. The molecule has 0 atom stereocenters. The molecular formula is C21H18F3N3O. The van der Waals surface area contributed by atoms with Crippen molar-refractivity contribution in [1.82, 2.24) is 14.9 Å². The SMILES string of the molecule is O=C(Cc1ccc2c(c1)CCNC2)c1cn(Cc2cc(F)c(F)c(F)c2)cn1. The van der Waals surface area contributed by atoms with Gasteiger partial charge < -0.3 is 9.88 Å². The van der Waals surface area contributed by atoms with Gasteiger partial charge in [0.1, 0.15) is 5.69 Å². The zero-order valence-corrected chi connectivity index (χ0v) is 15.0. The second-order valence-electron chi connectivity index (χ2n) is 6.93. The van der Waals surface area contributed by atoms with Crippen LogP contribution in [0.25, 0.3) is 0 Å². The fourth-order valence-electron chi connectivity index (χ4n) is 3.42. The first-order chi connectivity index (χ1) is 13.5. The first-order valence-electron chi connectivity index (χ1n) is 8.99. The quantitative estimate of drug-likeness (QED) is 0.541. The Morgan fingerprint density at radius 3 is 2.64 bits per heavy atom. The molecule has 2 aromatic carbocycles. The molecule has 1 aliphatic rings. The van der Waals surface area contributed by atoms with Crippen molar-refractivity contribution in [1.29, 1.82) is 0 Å². The van der Waals surface area contributed by atoms with E-state index in [1.54, 1.807) is 0 Å². The molecule has 0 unspecified atom stereocenters. The topological polar surface area (TPSA) is 46.9 Å². The Hall–Kier alpha value is -2.93. The number of aromatic nitrogens is 2. The second-order valence-corrected chi connectivity index (χ2v) is 6.93. The van der Waals surface area contributed by atoms with E-state index >= 15 is 0 Å². The van der Waals surface area contributed by atoms with Crippen LogP contribution in [-0.2, 0) is 25.9 Å². The van der Waals surface area contributed by atoms with Gasteiger partial charge in [0.2, 0.25) is 0 Å². The lowest BCUT2D eigenvalue weighted by molar-refractivity contribution is 0.0988. The fraction of sp³-hybridized carbons (Fsp3) is 0.238. The number of imidazole rings is 1. The first kappa shape index (κ1) is 18.4. The molecule has 0 aliphatic carbocycles. The van der Waals surface area contributed by atoms with E-state index in [0.717, 1.165) is 37.2 Å². The number of hydrogen-bond donors (Lipinski definition) is 1. The van der Waals surface area contributed by atoms with E-state index in [1.807, 2.05) is 12.1 Å². The number of rotatable bonds is 5. The van der Waals surface area contributed by atoms with E-state index in [0.29, 0.717) is 0 Å². The average molecular weight is 385 g/mol. The zero-order valence-electron chi connectivity index (χ0n) is 15.0. The average Bonchev–Trinajstić information content (AvgIpc) is 3.14. The predicted octanol–water partition coefficient (Wildman–Crippen LogP) is 3.42. The number of nitrogens with one attached hydrogen (secondary N) is 1. The lowest BCUT2D eigenvalue weighted by Crippen LogP contribution is -2.23. The van der Waals surface area contributed by atoms with Crippen LogP contribution < -0.4 is 5.32 Å². The monoisotopic (exact) mass is 385 g/mol. The molecule has 0 radical (unpaired) electrons. The van der Waals surface area contributed by atoms with Gasteiger partial charge in [0.25, 0.3) is 0 Å². The second kappa shape index (κ2) is 7.59. The van der Waals surface area contributed by atoms with Crippen molar-refractivity contribution in [3.8, 4) is 0 Å². The van der Waals surface area contributed by atoms with Gasteiger partial charge in [-0.3, -0.25) is 4.79 Å². The van der Waals surface area contributed by atoms with Gasteiger partial charge in [0.15, 0.2) is 23.2 Å². The number of ketones is 1. The van der Waals surface area contributed by atoms with E-state index in [4.69, 9.17) is 0 Å². The minimum atomic E-state index is -1.49. The molecule has 7 heteroatoms. The van der Waals surface area contributed by atoms with Crippen molar-refractivity contribution in [2.45, 2.75) is 25.9 Å². The summed E-state index contributed by atoms with van der Waals surface area (Å²) in [5.41, 5.74) is 3.97. The van der Waals surface area contributed by atoms with Gasteiger partial charge in [-0.25, -0.2) is 18.2 Å². The van der Waals surface area contributed by atoms with E-state index < -0.39 is 17.5 Å². The number of fused-ring (bicyclic) bond motifs is 1. The minimum Gasteiger partial charge on any atom is -0.332 e. The summed E-state index contributed by atoms with van der Waals surface area (Å²) >= 11 is 0. The van der Waals surface area contributed by atoms with Gasteiger partial charge in [0.05, 0.1) is 6.33 Å². The number of carbonyl (C=O) groups excluding carboxylic acids is 1. The molecule has 0 amide bonds. The van der Waals surface area contributed by atoms with Gasteiger partial charge in [-0.05, 0) is 47.4 Å². The lowest BCUT2D eigenvalue weighted by Gasteiger charge is -2.17. The molecule has 1 aromatic heterocycles. The molecule has 1 N–H and O–H groups in total. The number of carbonyl (C=O) groups is 1. The molecule has 4 rings (SSSR count). The lowest BCUT2D eigenvalue weighted by atomic mass is 9.96. The van der Waals surface area contributed by atoms with Crippen LogP contribution in [-0.4, -0.2) is 21.9 Å². The van der Waals surface area contributed by atoms with Crippen LogP contribution in [0.2, 0.25) is 0 Å². The van der Waals surface area contributed by atoms with Gasteiger partial charge in [-0.2, -0.15) is 0 Å². The Kier molecular flexibility index (Phi) is 5.00. The maximum absolute atomic E-state index is 13.3. The summed E-state index contributed by atoms with van der Waals surface area (Å²) in [6.45, 7) is 1.86. The third-order valence-electron chi connectivity index (χ3n) is 4.85. The van der Waals surface area contributed by atoms with Crippen molar-refractivity contribution in [2.24, 2.45) is 0 Å². The van der Waals surface area contributed by atoms with E-state index in [1.165, 1.54) is 28.2 Å². The molecule has 28 heavy (non-hydrogen) atoms. The van der Waals surface area contributed by atoms with Crippen LogP contribution >= 0.6 is 0 Å². The van der Waals surface area contributed by atoms with E-state index in [-0.39, 0.29) is 30.0 Å². The Labute approximate surface area is 160 Å². The third-order valence-corrected chi connectivity index (χ3v) is 4.85. The van der Waals surface area contributed by atoms with Crippen LogP contribution in [0, 0.1) is 17.5 Å². The summed E-state index contributed by atoms with van der Waals surface area (Å²) in [5, 5.41) is 3.31. The highest BCUT2D eigenvalue weighted by Gasteiger charge is 2.15. The Bertz CT molecular complexity index is 1020. The number of Topliss-reactive ketones (excluding diaryl/α,β-unsaturated/α-hetero) is 1. The highest BCUT2D eigenvalue weighted by molar-refractivity contribution is 5.95. The normalized spacial score (nSPS) is 13.4. The Balaban J connectivity index is 1.46. The van der Waals surface area contributed by atoms with Crippen molar-refractivity contribution in [3.63, 3.8) is 0 Å². The highest BCUT2D eigenvalue weighted by atomic mass is 19.2. The Morgan fingerprint density at radius 1 is 1.07 bits per heavy atom. The smallest absolute Gasteiger partial charge is 0.194 e. The van der Waals surface area contributed by atoms with Gasteiger partial charge in [-0.1, -0.05) is 18.2 Å². The summed E-state index contributed by atoms with van der Waals surface area (Å²) in [6, 6.07) is 7.92. The summed E-state index contributed by atoms with van der Waals surface area (Å²) in [6.07, 6.45) is 4.13. The van der Waals surface area contributed by atoms with Crippen LogP contribution in [0.3, 0.4) is 0 Å². The first-order valence-corrected chi connectivity index (χ1v) is 8.99. The molecule has 0 saturated heterocycles. The van der Waals surface area contributed by atoms with Crippen LogP contribution in [0.1, 0.15) is 32.7 Å². The summed E-state index contributed by atoms with van der Waals surface area (Å²) in [5.74, 6) is -4.11. The van der Waals surface area contributed by atoms with Crippen molar-refractivity contribution in [3.05, 3.63) is 88.3 Å². The highest BCUT2D eigenvalue weighted by Crippen LogP contribution is 2.18. The van der Waals surface area contributed by atoms with Gasteiger partial charge >= 0.3 is 0 Å². The zero-order chi connectivity index (χ0) is 19.7. The van der Waals surface area contributed by atoms with Gasteiger partial charge in [-0.15, -0.1) is 0 Å². The molecule has 0 saturated carbocycles. The summed E-state index contributed by atoms with van der Waals surface area (Å²) < 4.78 is 41.3. The predicted molar refractivity (Wildman–Crippen MR) is 97.5 cm³/mol. The Morgan fingerprint density at radius 2 is 1.86 bits per heavy atom. The van der Waals surface area contributed by atoms with Crippen molar-refractivity contribution < 1.29 is 18.0 Å². The summed E-state index contributed by atoms with van der Waals surface area (Å²) in [7, 11) is 0. The molecule has 2 heterocycles. The number of nitrogens with zero attached hydrogens (tertiary/aromatic N) is 2. The van der Waals surface area contributed by atoms with Crippen LogP contribution in [0.15, 0.2) is 42.9 Å². The molecule has 0 spiro atoms. The fourth-order valence-corrected chi connectivity index (χ4v) is 3.42. The maximum atomic E-state index is 13.3. The number of hydrogen-bond acceptors (Lipinski definition) is 3.